The Labute approximate surface area is 116 Å². The van der Waals surface area contributed by atoms with Crippen LogP contribution in [-0.4, -0.2) is 29.1 Å². The molecular weight excluding hydrogens is 264 g/mol. The van der Waals surface area contributed by atoms with Gasteiger partial charge >= 0.3 is 8.80 Å². The zero-order valence-electron chi connectivity index (χ0n) is 11.5. The Morgan fingerprint density at radius 1 is 1.17 bits per heavy atom. The van der Waals surface area contributed by atoms with Crippen LogP contribution in [0.2, 0.25) is 0 Å². The van der Waals surface area contributed by atoms with Crippen LogP contribution in [-0.2, 0) is 19.0 Å². The molecule has 1 aromatic carbocycles. The van der Waals surface area contributed by atoms with E-state index in [0.29, 0.717) is 19.0 Å². The van der Waals surface area contributed by atoms with E-state index in [2.05, 4.69) is 37.8 Å². The van der Waals surface area contributed by atoms with E-state index in [1.54, 1.807) is 7.11 Å². The molecule has 0 spiro atoms. The first-order valence-corrected chi connectivity index (χ1v) is 8.53. The first-order valence-electron chi connectivity index (χ1n) is 6.17. The first kappa shape index (κ1) is 15.7. The van der Waals surface area contributed by atoms with Crippen molar-refractivity contribution in [1.29, 1.82) is 0 Å². The highest BCUT2D eigenvalue weighted by Gasteiger charge is 2.43. The fourth-order valence-electron chi connectivity index (χ4n) is 1.92. The monoisotopic (exact) mass is 286 g/mol. The van der Waals surface area contributed by atoms with Crippen molar-refractivity contribution in [2.75, 3.05) is 20.3 Å². The van der Waals surface area contributed by atoms with Crippen molar-refractivity contribution in [2.45, 2.75) is 26.5 Å². The maximum Gasteiger partial charge on any atom is 0.537 e. The second-order valence-electron chi connectivity index (χ2n) is 3.95. The minimum Gasteiger partial charge on any atom is -0.373 e. The molecule has 5 heteroatoms. The molecule has 0 N–H and O–H groups in total. The van der Waals surface area contributed by atoms with E-state index in [-0.39, 0.29) is 0 Å². The highest BCUT2D eigenvalue weighted by Crippen LogP contribution is 2.15. The van der Waals surface area contributed by atoms with Gasteiger partial charge in [0.2, 0.25) is 0 Å². The van der Waals surface area contributed by atoms with Gasteiger partial charge in [-0.2, -0.15) is 12.6 Å². The molecule has 0 saturated heterocycles. The summed E-state index contributed by atoms with van der Waals surface area (Å²) in [5.41, 5.74) is 2.28. The minimum atomic E-state index is -2.79. The average Bonchev–Trinajstić information content (AvgIpc) is 2.38. The fraction of sp³-hybridized carbons (Fsp3) is 0.538. The van der Waals surface area contributed by atoms with Gasteiger partial charge in [-0.05, 0) is 26.3 Å². The molecule has 0 aromatic heterocycles. The van der Waals surface area contributed by atoms with Gasteiger partial charge < -0.3 is 13.3 Å². The van der Waals surface area contributed by atoms with Crippen molar-refractivity contribution >= 4 is 26.6 Å². The maximum atomic E-state index is 5.86. The van der Waals surface area contributed by atoms with Crippen LogP contribution in [0.5, 0.6) is 0 Å². The Balaban J connectivity index is 3.29. The van der Waals surface area contributed by atoms with Gasteiger partial charge in [-0.25, -0.2) is 0 Å². The van der Waals surface area contributed by atoms with Gasteiger partial charge in [-0.15, -0.1) is 0 Å². The number of benzene rings is 1. The summed E-state index contributed by atoms with van der Waals surface area (Å²) in [5, 5.41) is 1.03. The number of thiol groups is 1. The van der Waals surface area contributed by atoms with Crippen LogP contribution in [0.25, 0.3) is 0 Å². The SMILES string of the molecule is CCO[Si](OC)(OCC)c1cc(C)ccc1CS. The van der Waals surface area contributed by atoms with Crippen molar-refractivity contribution in [2.24, 2.45) is 0 Å². The largest absolute Gasteiger partial charge is 0.537 e. The lowest BCUT2D eigenvalue weighted by molar-refractivity contribution is 0.102. The quantitative estimate of drug-likeness (QED) is 0.616. The van der Waals surface area contributed by atoms with Crippen molar-refractivity contribution < 1.29 is 13.3 Å². The van der Waals surface area contributed by atoms with Crippen LogP contribution in [0.15, 0.2) is 18.2 Å². The van der Waals surface area contributed by atoms with Crippen molar-refractivity contribution in [3.63, 3.8) is 0 Å². The molecule has 0 fully saturated rings. The normalized spacial score (nSPS) is 11.8. The summed E-state index contributed by atoms with van der Waals surface area (Å²) in [7, 11) is -1.14. The van der Waals surface area contributed by atoms with E-state index in [0.717, 1.165) is 10.8 Å². The second-order valence-corrected chi connectivity index (χ2v) is 6.90. The highest BCUT2D eigenvalue weighted by atomic mass is 32.1. The zero-order chi connectivity index (χ0) is 13.6. The molecule has 0 aliphatic heterocycles. The lowest BCUT2D eigenvalue weighted by Gasteiger charge is -2.29. The topological polar surface area (TPSA) is 27.7 Å². The van der Waals surface area contributed by atoms with Gasteiger partial charge in [0.15, 0.2) is 0 Å². The number of hydrogen-bond donors (Lipinski definition) is 1. The van der Waals surface area contributed by atoms with Gasteiger partial charge in [0.1, 0.15) is 0 Å². The minimum absolute atomic E-state index is 0.569. The summed E-state index contributed by atoms with van der Waals surface area (Å²) < 4.78 is 17.4. The molecule has 0 heterocycles. The van der Waals surface area contributed by atoms with Crippen molar-refractivity contribution in [3.05, 3.63) is 29.3 Å². The van der Waals surface area contributed by atoms with Crippen LogP contribution in [0.4, 0.5) is 0 Å². The summed E-state index contributed by atoms with van der Waals surface area (Å²) in [4.78, 5) is 0. The van der Waals surface area contributed by atoms with Crippen LogP contribution in [0.1, 0.15) is 25.0 Å². The van der Waals surface area contributed by atoms with Crippen molar-refractivity contribution in [3.8, 4) is 0 Å². The highest BCUT2D eigenvalue weighted by molar-refractivity contribution is 7.79. The maximum absolute atomic E-state index is 5.86. The summed E-state index contributed by atoms with van der Waals surface area (Å²) in [6.45, 7) is 7.10. The average molecular weight is 286 g/mol. The van der Waals surface area contributed by atoms with Gasteiger partial charge in [0.05, 0.1) is 0 Å². The lowest BCUT2D eigenvalue weighted by Crippen LogP contribution is -2.57. The molecule has 0 aliphatic rings. The molecule has 0 bridgehead atoms. The Morgan fingerprint density at radius 3 is 2.22 bits per heavy atom. The number of aryl methyl sites for hydroxylation is 1. The Hall–Kier alpha value is -0.333. The van der Waals surface area contributed by atoms with E-state index in [9.17, 15) is 0 Å². The molecule has 0 amide bonds. The van der Waals surface area contributed by atoms with E-state index < -0.39 is 8.80 Å². The van der Waals surface area contributed by atoms with Crippen LogP contribution in [0, 0.1) is 6.92 Å². The standard InChI is InChI=1S/C13H22O3SSi/c1-5-15-18(14-4,16-6-2)13-9-11(3)7-8-12(13)10-17/h7-9,17H,5-6,10H2,1-4H3. The fourth-order valence-corrected chi connectivity index (χ4v) is 4.92. The molecule has 0 radical (unpaired) electrons. The van der Waals surface area contributed by atoms with Crippen LogP contribution >= 0.6 is 12.6 Å². The smallest absolute Gasteiger partial charge is 0.373 e. The van der Waals surface area contributed by atoms with E-state index >= 15 is 0 Å². The lowest BCUT2D eigenvalue weighted by atomic mass is 10.2. The Kier molecular flexibility index (Phi) is 6.38. The summed E-state index contributed by atoms with van der Waals surface area (Å²) in [6, 6.07) is 6.23. The Morgan fingerprint density at radius 2 is 1.78 bits per heavy atom. The van der Waals surface area contributed by atoms with Gasteiger partial charge in [-0.3, -0.25) is 0 Å². The van der Waals surface area contributed by atoms with Crippen LogP contribution in [0.3, 0.4) is 0 Å². The predicted octanol–water partition coefficient (Wildman–Crippen LogP) is 2.29. The second kappa shape index (κ2) is 7.30. The summed E-state index contributed by atoms with van der Waals surface area (Å²) in [5.74, 6) is 0.647. The zero-order valence-corrected chi connectivity index (χ0v) is 13.4. The molecule has 0 atom stereocenters. The summed E-state index contributed by atoms with van der Waals surface area (Å²) in [6.07, 6.45) is 0. The molecule has 0 saturated carbocycles. The number of rotatable bonds is 7. The summed E-state index contributed by atoms with van der Waals surface area (Å²) >= 11 is 4.38. The molecule has 1 rings (SSSR count). The van der Waals surface area contributed by atoms with Gasteiger partial charge in [-0.1, -0.05) is 23.8 Å². The molecule has 0 unspecified atom stereocenters. The third-order valence-electron chi connectivity index (χ3n) is 2.70. The van der Waals surface area contributed by atoms with E-state index in [1.807, 2.05) is 13.8 Å². The molecule has 3 nitrogen and oxygen atoms in total. The third-order valence-corrected chi connectivity index (χ3v) is 6.04. The Bertz CT molecular complexity index is 378. The van der Waals surface area contributed by atoms with Gasteiger partial charge in [0, 0.05) is 31.3 Å². The molecule has 102 valence electrons. The third kappa shape index (κ3) is 3.36. The van der Waals surface area contributed by atoms with E-state index in [1.165, 1.54) is 5.56 Å². The van der Waals surface area contributed by atoms with E-state index in [4.69, 9.17) is 13.3 Å². The molecule has 1 aromatic rings. The molecular formula is C13H22O3SSi. The first-order chi connectivity index (χ1) is 8.63. The predicted molar refractivity (Wildman–Crippen MR) is 79.5 cm³/mol. The van der Waals surface area contributed by atoms with Crippen molar-refractivity contribution in [1.82, 2.24) is 0 Å². The molecule has 18 heavy (non-hydrogen) atoms. The van der Waals surface area contributed by atoms with Crippen LogP contribution < -0.4 is 5.19 Å². The molecule has 0 aliphatic carbocycles. The number of hydrogen-bond acceptors (Lipinski definition) is 4. The van der Waals surface area contributed by atoms with Gasteiger partial charge in [0.25, 0.3) is 0 Å².